The van der Waals surface area contributed by atoms with Crippen molar-refractivity contribution in [2.75, 3.05) is 18.8 Å². The molecular weight excluding hydrogens is 218 g/mol. The van der Waals surface area contributed by atoms with E-state index in [0.29, 0.717) is 0 Å². The van der Waals surface area contributed by atoms with Gasteiger partial charge in [0, 0.05) is 13.1 Å². The summed E-state index contributed by atoms with van der Waals surface area (Å²) < 4.78 is 5.06. The van der Waals surface area contributed by atoms with Crippen LogP contribution in [-0.4, -0.2) is 28.9 Å². The van der Waals surface area contributed by atoms with E-state index in [-0.39, 0.29) is 17.7 Å². The highest BCUT2D eigenvalue weighted by Crippen LogP contribution is 2.10. The minimum Gasteiger partial charge on any atom is -0.418 e. The molecule has 0 unspecified atom stereocenters. The molecule has 1 rings (SSSR count). The summed E-state index contributed by atoms with van der Waals surface area (Å²) in [4.78, 5) is 17.7. The van der Waals surface area contributed by atoms with E-state index in [2.05, 4.69) is 18.8 Å². The molecule has 0 saturated carbocycles. The second kappa shape index (κ2) is 6.93. The van der Waals surface area contributed by atoms with Crippen LogP contribution in [0.1, 0.15) is 50.1 Å². The number of amides is 1. The third kappa shape index (κ3) is 4.09. The molecule has 17 heavy (non-hydrogen) atoms. The number of aromatic nitrogens is 1. The first-order valence-electron chi connectivity index (χ1n) is 6.19. The largest absolute Gasteiger partial charge is 0.418 e. The first kappa shape index (κ1) is 13.5. The maximum absolute atomic E-state index is 12.1. The van der Waals surface area contributed by atoms with E-state index in [1.807, 2.05) is 4.90 Å². The van der Waals surface area contributed by atoms with E-state index in [4.69, 9.17) is 10.2 Å². The molecule has 1 aromatic heterocycles. The van der Waals surface area contributed by atoms with Gasteiger partial charge in [-0.15, -0.1) is 0 Å². The molecule has 0 aliphatic heterocycles. The van der Waals surface area contributed by atoms with Gasteiger partial charge in [0.2, 0.25) is 5.76 Å². The Morgan fingerprint density at radius 2 is 1.94 bits per heavy atom. The average molecular weight is 239 g/mol. The minimum atomic E-state index is -0.115. The lowest BCUT2D eigenvalue weighted by molar-refractivity contribution is 0.0720. The molecule has 1 heterocycles. The van der Waals surface area contributed by atoms with E-state index >= 15 is 0 Å². The van der Waals surface area contributed by atoms with Crippen molar-refractivity contribution in [2.24, 2.45) is 0 Å². The van der Waals surface area contributed by atoms with Crippen LogP contribution in [0, 0.1) is 0 Å². The lowest BCUT2D eigenvalue weighted by Crippen LogP contribution is -2.32. The van der Waals surface area contributed by atoms with Crippen molar-refractivity contribution in [3.8, 4) is 0 Å². The summed E-state index contributed by atoms with van der Waals surface area (Å²) in [6.07, 6.45) is 5.52. The fourth-order valence-corrected chi connectivity index (χ4v) is 1.56. The van der Waals surface area contributed by atoms with E-state index in [1.54, 1.807) is 0 Å². The molecule has 0 aromatic carbocycles. The second-order valence-electron chi connectivity index (χ2n) is 4.06. The highest BCUT2D eigenvalue weighted by Gasteiger charge is 2.18. The topological polar surface area (TPSA) is 72.4 Å². The first-order chi connectivity index (χ1) is 8.19. The quantitative estimate of drug-likeness (QED) is 0.792. The van der Waals surface area contributed by atoms with Crippen molar-refractivity contribution in [1.29, 1.82) is 0 Å². The average Bonchev–Trinajstić information content (AvgIpc) is 2.75. The maximum atomic E-state index is 12.1. The minimum absolute atomic E-state index is 0.0410. The van der Waals surface area contributed by atoms with Gasteiger partial charge in [-0.05, 0) is 12.8 Å². The zero-order chi connectivity index (χ0) is 12.7. The lowest BCUT2D eigenvalue weighted by atomic mass is 10.2. The molecular formula is C12H21N3O2. The van der Waals surface area contributed by atoms with E-state index < -0.39 is 0 Å². The van der Waals surface area contributed by atoms with Crippen molar-refractivity contribution in [2.45, 2.75) is 39.5 Å². The molecule has 0 aliphatic carbocycles. The number of nitrogens with two attached hydrogens (primary N) is 1. The van der Waals surface area contributed by atoms with Crippen molar-refractivity contribution >= 4 is 11.9 Å². The number of carbonyl (C=O) groups excluding carboxylic acids is 1. The molecule has 0 aliphatic rings. The van der Waals surface area contributed by atoms with E-state index in [0.717, 1.165) is 38.8 Å². The summed E-state index contributed by atoms with van der Waals surface area (Å²) in [5, 5.41) is 0. The number of nitrogens with zero attached hydrogens (tertiary/aromatic N) is 2. The van der Waals surface area contributed by atoms with Crippen LogP contribution in [-0.2, 0) is 0 Å². The Kier molecular flexibility index (Phi) is 5.52. The zero-order valence-corrected chi connectivity index (χ0v) is 10.6. The molecule has 2 N–H and O–H groups in total. The summed E-state index contributed by atoms with van der Waals surface area (Å²) in [7, 11) is 0. The number of unbranched alkanes of at least 4 members (excludes halogenated alkanes) is 2. The standard InChI is InChI=1S/C12H21N3O2/c1-3-5-7-15(8-6-4-2)11(16)10-9-14-12(13)17-10/h9H,3-8H2,1-2H3,(H2,13,14). The molecule has 5 nitrogen and oxygen atoms in total. The van der Waals surface area contributed by atoms with Gasteiger partial charge < -0.3 is 15.1 Å². The summed E-state index contributed by atoms with van der Waals surface area (Å²) in [5.74, 6) is 0.116. The van der Waals surface area contributed by atoms with Crippen LogP contribution in [0.15, 0.2) is 10.6 Å². The molecule has 0 spiro atoms. The summed E-state index contributed by atoms with van der Waals surface area (Å²) in [6, 6.07) is 0.0410. The highest BCUT2D eigenvalue weighted by atomic mass is 16.4. The van der Waals surface area contributed by atoms with Crippen LogP contribution in [0.25, 0.3) is 0 Å². The van der Waals surface area contributed by atoms with Crippen LogP contribution in [0.5, 0.6) is 0 Å². The van der Waals surface area contributed by atoms with E-state index in [9.17, 15) is 4.79 Å². The molecule has 1 aromatic rings. The first-order valence-corrected chi connectivity index (χ1v) is 6.19. The smallest absolute Gasteiger partial charge is 0.292 e. The van der Waals surface area contributed by atoms with Gasteiger partial charge in [-0.25, -0.2) is 4.98 Å². The summed E-state index contributed by atoms with van der Waals surface area (Å²) in [6.45, 7) is 5.73. The predicted molar refractivity (Wildman–Crippen MR) is 66.6 cm³/mol. The Morgan fingerprint density at radius 3 is 2.35 bits per heavy atom. The number of carbonyl (C=O) groups is 1. The van der Waals surface area contributed by atoms with Crippen molar-refractivity contribution in [3.05, 3.63) is 12.0 Å². The fourth-order valence-electron chi connectivity index (χ4n) is 1.56. The summed E-state index contributed by atoms with van der Waals surface area (Å²) in [5.41, 5.74) is 5.37. The SMILES string of the molecule is CCCCN(CCCC)C(=O)c1cnc(N)o1. The Hall–Kier alpha value is -1.52. The van der Waals surface area contributed by atoms with Crippen LogP contribution < -0.4 is 5.73 Å². The predicted octanol–water partition coefficient (Wildman–Crippen LogP) is 2.30. The lowest BCUT2D eigenvalue weighted by Gasteiger charge is -2.20. The molecule has 96 valence electrons. The molecule has 0 radical (unpaired) electrons. The van der Waals surface area contributed by atoms with Crippen LogP contribution >= 0.6 is 0 Å². The number of rotatable bonds is 7. The van der Waals surface area contributed by atoms with Gasteiger partial charge in [-0.1, -0.05) is 26.7 Å². The number of hydrogen-bond donors (Lipinski definition) is 1. The Bertz CT molecular complexity index is 341. The van der Waals surface area contributed by atoms with Crippen molar-refractivity contribution in [3.63, 3.8) is 0 Å². The number of nitrogen functional groups attached to an aromatic ring is 1. The number of hydrogen-bond acceptors (Lipinski definition) is 4. The fraction of sp³-hybridized carbons (Fsp3) is 0.667. The van der Waals surface area contributed by atoms with Crippen molar-refractivity contribution in [1.82, 2.24) is 9.88 Å². The Balaban J connectivity index is 2.64. The third-order valence-electron chi connectivity index (χ3n) is 2.58. The van der Waals surface area contributed by atoms with Crippen LogP contribution in [0.2, 0.25) is 0 Å². The molecule has 1 amide bonds. The molecule has 5 heteroatoms. The molecule has 0 atom stereocenters. The van der Waals surface area contributed by atoms with Crippen LogP contribution in [0.3, 0.4) is 0 Å². The molecule has 0 fully saturated rings. The highest BCUT2D eigenvalue weighted by molar-refractivity contribution is 5.91. The molecule has 0 saturated heterocycles. The Morgan fingerprint density at radius 1 is 1.35 bits per heavy atom. The maximum Gasteiger partial charge on any atom is 0.292 e. The Labute approximate surface area is 102 Å². The second-order valence-corrected chi connectivity index (χ2v) is 4.06. The van der Waals surface area contributed by atoms with Gasteiger partial charge >= 0.3 is 0 Å². The van der Waals surface area contributed by atoms with Crippen LogP contribution in [0.4, 0.5) is 6.01 Å². The zero-order valence-electron chi connectivity index (χ0n) is 10.6. The van der Waals surface area contributed by atoms with Gasteiger partial charge in [0.1, 0.15) is 0 Å². The molecule has 0 bridgehead atoms. The van der Waals surface area contributed by atoms with Gasteiger partial charge in [0.15, 0.2) is 0 Å². The number of anilines is 1. The number of oxazole rings is 1. The van der Waals surface area contributed by atoms with Gasteiger partial charge in [-0.3, -0.25) is 4.79 Å². The van der Waals surface area contributed by atoms with E-state index in [1.165, 1.54) is 6.20 Å². The monoisotopic (exact) mass is 239 g/mol. The van der Waals surface area contributed by atoms with Crippen molar-refractivity contribution < 1.29 is 9.21 Å². The van der Waals surface area contributed by atoms with Gasteiger partial charge in [0.05, 0.1) is 6.20 Å². The van der Waals surface area contributed by atoms with Gasteiger partial charge in [0.25, 0.3) is 11.9 Å². The van der Waals surface area contributed by atoms with Gasteiger partial charge in [-0.2, -0.15) is 0 Å². The summed E-state index contributed by atoms with van der Waals surface area (Å²) >= 11 is 0. The normalized spacial score (nSPS) is 10.5. The third-order valence-corrected chi connectivity index (χ3v) is 2.58.